The molecule has 0 spiro atoms. The van der Waals surface area contributed by atoms with Gasteiger partial charge in [-0.1, -0.05) is 6.92 Å². The summed E-state index contributed by atoms with van der Waals surface area (Å²) >= 11 is 1.54. The van der Waals surface area contributed by atoms with Crippen molar-refractivity contribution in [2.75, 3.05) is 19.0 Å². The molecule has 1 N–H and O–H groups in total. The lowest BCUT2D eigenvalue weighted by atomic mass is 10.0. The fraction of sp³-hybridized carbons (Fsp3) is 0.643. The summed E-state index contributed by atoms with van der Waals surface area (Å²) in [6.07, 6.45) is 2.80. The minimum absolute atomic E-state index is 0.249. The molecule has 0 atom stereocenters. The standard InChI is InChI=1S/C14H20N2O3S/c1-3-11-15-9(2)12(14(17)18)13(16-11)20-8-10-4-6-19-7-5-10/h10H,3-8H2,1-2H3,(H,17,18). The maximum Gasteiger partial charge on any atom is 0.340 e. The molecule has 0 bridgehead atoms. The van der Waals surface area contributed by atoms with Crippen LogP contribution in [-0.4, -0.2) is 40.0 Å². The minimum atomic E-state index is -0.945. The van der Waals surface area contributed by atoms with Crippen molar-refractivity contribution in [3.05, 3.63) is 17.1 Å². The molecule has 1 aromatic rings. The van der Waals surface area contributed by atoms with Crippen molar-refractivity contribution in [1.82, 2.24) is 9.97 Å². The van der Waals surface area contributed by atoms with Gasteiger partial charge in [0.1, 0.15) is 16.4 Å². The molecule has 1 saturated heterocycles. The summed E-state index contributed by atoms with van der Waals surface area (Å²) < 4.78 is 5.34. The maximum atomic E-state index is 11.4. The number of aromatic carboxylic acids is 1. The van der Waals surface area contributed by atoms with E-state index in [4.69, 9.17) is 4.74 Å². The van der Waals surface area contributed by atoms with Crippen LogP contribution in [0.2, 0.25) is 0 Å². The van der Waals surface area contributed by atoms with Crippen LogP contribution >= 0.6 is 11.8 Å². The van der Waals surface area contributed by atoms with Crippen LogP contribution in [0.15, 0.2) is 5.03 Å². The highest BCUT2D eigenvalue weighted by Crippen LogP contribution is 2.28. The predicted molar refractivity (Wildman–Crippen MR) is 77.4 cm³/mol. The Balaban J connectivity index is 2.15. The Morgan fingerprint density at radius 1 is 1.40 bits per heavy atom. The third-order valence-corrected chi connectivity index (χ3v) is 4.64. The molecule has 0 aliphatic carbocycles. The van der Waals surface area contributed by atoms with Crippen LogP contribution in [0.3, 0.4) is 0 Å². The van der Waals surface area contributed by atoms with E-state index in [1.165, 1.54) is 11.8 Å². The van der Waals surface area contributed by atoms with Crippen LogP contribution in [0.4, 0.5) is 0 Å². The number of carbonyl (C=O) groups is 1. The Morgan fingerprint density at radius 3 is 2.70 bits per heavy atom. The molecular weight excluding hydrogens is 276 g/mol. The number of hydrogen-bond acceptors (Lipinski definition) is 5. The fourth-order valence-electron chi connectivity index (χ4n) is 2.22. The topological polar surface area (TPSA) is 72.3 Å². The summed E-state index contributed by atoms with van der Waals surface area (Å²) in [5.41, 5.74) is 0.804. The molecule has 0 radical (unpaired) electrons. The SMILES string of the molecule is CCc1nc(C)c(C(=O)O)c(SCC2CCOCC2)n1. The van der Waals surface area contributed by atoms with E-state index in [1.807, 2.05) is 6.92 Å². The van der Waals surface area contributed by atoms with Gasteiger partial charge in [0, 0.05) is 25.4 Å². The van der Waals surface area contributed by atoms with Crippen molar-refractivity contribution >= 4 is 17.7 Å². The largest absolute Gasteiger partial charge is 0.478 e. The molecule has 110 valence electrons. The fourth-order valence-corrected chi connectivity index (χ4v) is 3.50. The van der Waals surface area contributed by atoms with Gasteiger partial charge in [-0.15, -0.1) is 11.8 Å². The normalized spacial score (nSPS) is 16.3. The molecule has 2 heterocycles. The summed E-state index contributed by atoms with van der Waals surface area (Å²) in [4.78, 5) is 20.0. The van der Waals surface area contributed by atoms with E-state index in [2.05, 4.69) is 9.97 Å². The van der Waals surface area contributed by atoms with Crippen LogP contribution in [-0.2, 0) is 11.2 Å². The highest BCUT2D eigenvalue weighted by Gasteiger charge is 2.20. The van der Waals surface area contributed by atoms with E-state index in [-0.39, 0.29) is 5.56 Å². The molecular formula is C14H20N2O3S. The number of aromatic nitrogens is 2. The van der Waals surface area contributed by atoms with Crippen molar-refractivity contribution in [1.29, 1.82) is 0 Å². The zero-order valence-electron chi connectivity index (χ0n) is 11.9. The number of hydrogen-bond donors (Lipinski definition) is 1. The second-order valence-electron chi connectivity index (χ2n) is 4.93. The zero-order valence-corrected chi connectivity index (χ0v) is 12.7. The summed E-state index contributed by atoms with van der Waals surface area (Å²) in [7, 11) is 0. The van der Waals surface area contributed by atoms with Gasteiger partial charge in [-0.2, -0.15) is 0 Å². The molecule has 6 heteroatoms. The lowest BCUT2D eigenvalue weighted by molar-refractivity contribution is 0.0689. The van der Waals surface area contributed by atoms with E-state index >= 15 is 0 Å². The number of carboxylic acids is 1. The average molecular weight is 296 g/mol. The average Bonchev–Trinajstić information content (AvgIpc) is 2.45. The van der Waals surface area contributed by atoms with Crippen LogP contribution in [0.25, 0.3) is 0 Å². The maximum absolute atomic E-state index is 11.4. The van der Waals surface area contributed by atoms with E-state index in [9.17, 15) is 9.90 Å². The smallest absolute Gasteiger partial charge is 0.340 e. The molecule has 0 aromatic carbocycles. The van der Waals surface area contributed by atoms with Crippen LogP contribution in [0.5, 0.6) is 0 Å². The summed E-state index contributed by atoms with van der Waals surface area (Å²) in [6, 6.07) is 0. The Kier molecular flexibility index (Phi) is 5.37. The van der Waals surface area contributed by atoms with Crippen molar-refractivity contribution in [3.63, 3.8) is 0 Å². The second kappa shape index (κ2) is 7.04. The van der Waals surface area contributed by atoms with Gasteiger partial charge in [-0.3, -0.25) is 0 Å². The summed E-state index contributed by atoms with van der Waals surface area (Å²) in [6.45, 7) is 5.32. The first-order valence-electron chi connectivity index (χ1n) is 6.93. The van der Waals surface area contributed by atoms with Gasteiger partial charge in [-0.25, -0.2) is 14.8 Å². The van der Waals surface area contributed by atoms with Gasteiger partial charge in [0.15, 0.2) is 0 Å². The van der Waals surface area contributed by atoms with Crippen molar-refractivity contribution < 1.29 is 14.6 Å². The second-order valence-corrected chi connectivity index (χ2v) is 5.94. The highest BCUT2D eigenvalue weighted by molar-refractivity contribution is 7.99. The summed E-state index contributed by atoms with van der Waals surface area (Å²) in [5.74, 6) is 1.24. The van der Waals surface area contributed by atoms with Crippen molar-refractivity contribution in [2.45, 2.75) is 38.1 Å². The van der Waals surface area contributed by atoms with E-state index < -0.39 is 5.97 Å². The molecule has 2 rings (SSSR count). The first-order chi connectivity index (χ1) is 9.61. The monoisotopic (exact) mass is 296 g/mol. The van der Waals surface area contributed by atoms with Crippen LogP contribution in [0, 0.1) is 12.8 Å². The van der Waals surface area contributed by atoms with Gasteiger partial charge in [-0.05, 0) is 25.7 Å². The van der Waals surface area contributed by atoms with Gasteiger partial charge < -0.3 is 9.84 Å². The third kappa shape index (κ3) is 3.70. The number of thioether (sulfide) groups is 1. The van der Waals surface area contributed by atoms with Crippen LogP contribution < -0.4 is 0 Å². The lowest BCUT2D eigenvalue weighted by Crippen LogP contribution is -2.18. The molecule has 1 aliphatic heterocycles. The Labute approximate surface area is 123 Å². The van der Waals surface area contributed by atoms with Gasteiger partial charge in [0.2, 0.25) is 0 Å². The minimum Gasteiger partial charge on any atom is -0.478 e. The van der Waals surface area contributed by atoms with E-state index in [1.54, 1.807) is 6.92 Å². The lowest BCUT2D eigenvalue weighted by Gasteiger charge is -2.21. The predicted octanol–water partition coefficient (Wildman–Crippen LogP) is 2.56. The Hall–Kier alpha value is -1.14. The Bertz CT molecular complexity index is 488. The molecule has 20 heavy (non-hydrogen) atoms. The van der Waals surface area contributed by atoms with E-state index in [0.717, 1.165) is 31.8 Å². The van der Waals surface area contributed by atoms with Crippen LogP contribution in [0.1, 0.15) is 41.6 Å². The first kappa shape index (κ1) is 15.3. The number of carboxylic acid groups (broad SMARTS) is 1. The molecule has 1 fully saturated rings. The molecule has 0 unspecified atom stereocenters. The van der Waals surface area contributed by atoms with E-state index in [0.29, 0.717) is 28.9 Å². The van der Waals surface area contributed by atoms with Gasteiger partial charge >= 0.3 is 5.97 Å². The Morgan fingerprint density at radius 2 is 2.10 bits per heavy atom. The molecule has 1 aromatic heterocycles. The molecule has 1 aliphatic rings. The number of ether oxygens (including phenoxy) is 1. The number of nitrogens with zero attached hydrogens (tertiary/aromatic N) is 2. The highest BCUT2D eigenvalue weighted by atomic mass is 32.2. The zero-order chi connectivity index (χ0) is 14.5. The van der Waals surface area contributed by atoms with Crippen molar-refractivity contribution in [3.8, 4) is 0 Å². The molecule has 0 saturated carbocycles. The third-order valence-electron chi connectivity index (χ3n) is 3.43. The summed E-state index contributed by atoms with van der Waals surface area (Å²) in [5, 5.41) is 9.94. The quantitative estimate of drug-likeness (QED) is 0.665. The van der Waals surface area contributed by atoms with Gasteiger partial charge in [0.05, 0.1) is 5.69 Å². The number of rotatable bonds is 5. The first-order valence-corrected chi connectivity index (χ1v) is 7.91. The molecule has 5 nitrogen and oxygen atoms in total. The van der Waals surface area contributed by atoms with Crippen molar-refractivity contribution in [2.24, 2.45) is 5.92 Å². The van der Waals surface area contributed by atoms with Gasteiger partial charge in [0.25, 0.3) is 0 Å². The molecule has 0 amide bonds. The number of aryl methyl sites for hydroxylation is 2.